The lowest BCUT2D eigenvalue weighted by atomic mass is 9.98. The lowest BCUT2D eigenvalue weighted by Gasteiger charge is -2.18. The van der Waals surface area contributed by atoms with Gasteiger partial charge in [0.25, 0.3) is 0 Å². The summed E-state index contributed by atoms with van der Waals surface area (Å²) in [4.78, 5) is 0. The highest BCUT2D eigenvalue weighted by Gasteiger charge is 2.31. The zero-order valence-corrected chi connectivity index (χ0v) is 11.3. The number of para-hydroxylation sites is 1. The van der Waals surface area contributed by atoms with Crippen molar-refractivity contribution in [2.45, 2.75) is 51.7 Å². The molecule has 2 heteroatoms. The zero-order chi connectivity index (χ0) is 12.5. The van der Waals surface area contributed by atoms with E-state index in [1.165, 1.54) is 11.1 Å². The van der Waals surface area contributed by atoms with E-state index in [0.29, 0.717) is 6.04 Å². The minimum atomic E-state index is -0.0347. The fourth-order valence-electron chi connectivity index (χ4n) is 2.39. The van der Waals surface area contributed by atoms with Crippen LogP contribution in [0.3, 0.4) is 0 Å². The third-order valence-corrected chi connectivity index (χ3v) is 3.51. The average molecular weight is 233 g/mol. The Morgan fingerprint density at radius 1 is 1.41 bits per heavy atom. The Bertz CT molecular complexity index is 398. The lowest BCUT2D eigenvalue weighted by Crippen LogP contribution is -2.25. The molecule has 0 bridgehead atoms. The minimum absolute atomic E-state index is 0.0347. The number of fused-ring (bicyclic) bond motifs is 1. The van der Waals surface area contributed by atoms with Gasteiger partial charge in [-0.05, 0) is 51.8 Å². The van der Waals surface area contributed by atoms with Crippen molar-refractivity contribution in [3.8, 4) is 5.75 Å². The van der Waals surface area contributed by atoms with E-state index in [0.717, 1.165) is 25.0 Å². The number of aryl methyl sites for hydroxylation is 1. The SMILES string of the molecule is CNC(C)CCc1cccc2c1OC(C)(C)C2. The van der Waals surface area contributed by atoms with Gasteiger partial charge in [-0.2, -0.15) is 0 Å². The monoisotopic (exact) mass is 233 g/mol. The molecule has 1 aliphatic rings. The van der Waals surface area contributed by atoms with E-state index in [4.69, 9.17) is 4.74 Å². The van der Waals surface area contributed by atoms with Gasteiger partial charge in [0.1, 0.15) is 11.4 Å². The summed E-state index contributed by atoms with van der Waals surface area (Å²) >= 11 is 0. The zero-order valence-electron chi connectivity index (χ0n) is 11.3. The fourth-order valence-corrected chi connectivity index (χ4v) is 2.39. The third kappa shape index (κ3) is 2.81. The molecule has 1 heterocycles. The van der Waals surface area contributed by atoms with Gasteiger partial charge in [-0.3, -0.25) is 0 Å². The lowest BCUT2D eigenvalue weighted by molar-refractivity contribution is 0.137. The molecule has 0 fully saturated rings. The van der Waals surface area contributed by atoms with Gasteiger partial charge in [0.2, 0.25) is 0 Å². The summed E-state index contributed by atoms with van der Waals surface area (Å²) < 4.78 is 6.07. The number of benzene rings is 1. The maximum atomic E-state index is 6.07. The van der Waals surface area contributed by atoms with Crippen LogP contribution < -0.4 is 10.1 Å². The second-order valence-electron chi connectivity index (χ2n) is 5.67. The summed E-state index contributed by atoms with van der Waals surface area (Å²) in [6, 6.07) is 7.10. The maximum absolute atomic E-state index is 6.07. The Morgan fingerprint density at radius 2 is 2.18 bits per heavy atom. The standard InChI is InChI=1S/C15H23NO/c1-11(16-4)8-9-12-6-5-7-13-10-15(2,3)17-14(12)13/h5-7,11,16H,8-10H2,1-4H3. The number of hydrogen-bond donors (Lipinski definition) is 1. The molecule has 1 aromatic carbocycles. The summed E-state index contributed by atoms with van der Waals surface area (Å²) in [7, 11) is 2.01. The van der Waals surface area contributed by atoms with E-state index < -0.39 is 0 Å². The van der Waals surface area contributed by atoms with Crippen LogP contribution in [0.15, 0.2) is 18.2 Å². The molecule has 0 aromatic heterocycles. The van der Waals surface area contributed by atoms with Crippen molar-refractivity contribution in [3.63, 3.8) is 0 Å². The van der Waals surface area contributed by atoms with Gasteiger partial charge in [-0.1, -0.05) is 18.2 Å². The highest BCUT2D eigenvalue weighted by Crippen LogP contribution is 2.37. The number of rotatable bonds is 4. The fraction of sp³-hybridized carbons (Fsp3) is 0.600. The predicted molar refractivity (Wildman–Crippen MR) is 71.7 cm³/mol. The number of ether oxygens (including phenoxy) is 1. The average Bonchev–Trinajstić information content (AvgIpc) is 2.60. The summed E-state index contributed by atoms with van der Waals surface area (Å²) in [6.07, 6.45) is 3.26. The summed E-state index contributed by atoms with van der Waals surface area (Å²) in [5.41, 5.74) is 2.69. The summed E-state index contributed by atoms with van der Waals surface area (Å²) in [5.74, 6) is 1.14. The Hall–Kier alpha value is -1.02. The Labute approximate surface area is 104 Å². The van der Waals surface area contributed by atoms with E-state index in [9.17, 15) is 0 Å². The maximum Gasteiger partial charge on any atom is 0.126 e. The normalized spacial score (nSPS) is 18.6. The molecule has 0 saturated carbocycles. The van der Waals surface area contributed by atoms with Gasteiger partial charge in [-0.15, -0.1) is 0 Å². The van der Waals surface area contributed by atoms with Gasteiger partial charge in [-0.25, -0.2) is 0 Å². The van der Waals surface area contributed by atoms with Crippen molar-refractivity contribution in [1.29, 1.82) is 0 Å². The second kappa shape index (κ2) is 4.69. The number of hydrogen-bond acceptors (Lipinski definition) is 2. The van der Waals surface area contributed by atoms with Crippen LogP contribution in [-0.2, 0) is 12.8 Å². The molecule has 1 N–H and O–H groups in total. The molecule has 2 nitrogen and oxygen atoms in total. The first-order valence-electron chi connectivity index (χ1n) is 6.49. The molecule has 1 aliphatic heterocycles. The first kappa shape index (κ1) is 12.4. The Morgan fingerprint density at radius 3 is 2.88 bits per heavy atom. The van der Waals surface area contributed by atoms with Gasteiger partial charge in [0.05, 0.1) is 0 Å². The Kier molecular flexibility index (Phi) is 3.43. The Balaban J connectivity index is 2.13. The van der Waals surface area contributed by atoms with E-state index in [1.54, 1.807) is 0 Å². The second-order valence-corrected chi connectivity index (χ2v) is 5.67. The van der Waals surface area contributed by atoms with E-state index in [1.807, 2.05) is 7.05 Å². The van der Waals surface area contributed by atoms with Crippen molar-refractivity contribution >= 4 is 0 Å². The smallest absolute Gasteiger partial charge is 0.126 e. The van der Waals surface area contributed by atoms with Crippen LogP contribution in [0, 0.1) is 0 Å². The topological polar surface area (TPSA) is 21.3 Å². The quantitative estimate of drug-likeness (QED) is 0.863. The van der Waals surface area contributed by atoms with Crippen LogP contribution in [0.1, 0.15) is 38.3 Å². The molecule has 0 saturated heterocycles. The van der Waals surface area contributed by atoms with Crippen LogP contribution >= 0.6 is 0 Å². The van der Waals surface area contributed by atoms with E-state index in [-0.39, 0.29) is 5.60 Å². The van der Waals surface area contributed by atoms with Crippen LogP contribution in [0.5, 0.6) is 5.75 Å². The van der Waals surface area contributed by atoms with Crippen molar-refractivity contribution < 1.29 is 4.74 Å². The molecule has 94 valence electrons. The highest BCUT2D eigenvalue weighted by atomic mass is 16.5. The van der Waals surface area contributed by atoms with Gasteiger partial charge in [0, 0.05) is 12.5 Å². The molecule has 1 atom stereocenters. The van der Waals surface area contributed by atoms with Gasteiger partial charge in [0.15, 0.2) is 0 Å². The molecule has 1 aromatic rings. The van der Waals surface area contributed by atoms with E-state index >= 15 is 0 Å². The molecule has 17 heavy (non-hydrogen) atoms. The van der Waals surface area contributed by atoms with Crippen molar-refractivity contribution in [3.05, 3.63) is 29.3 Å². The molecule has 0 spiro atoms. The van der Waals surface area contributed by atoms with E-state index in [2.05, 4.69) is 44.3 Å². The molecule has 2 rings (SSSR count). The van der Waals surface area contributed by atoms with Gasteiger partial charge >= 0.3 is 0 Å². The van der Waals surface area contributed by atoms with Crippen molar-refractivity contribution in [2.75, 3.05) is 7.05 Å². The van der Waals surface area contributed by atoms with Crippen molar-refractivity contribution in [2.24, 2.45) is 0 Å². The molecular formula is C15H23NO. The first-order chi connectivity index (χ1) is 8.02. The first-order valence-corrected chi connectivity index (χ1v) is 6.49. The third-order valence-electron chi connectivity index (χ3n) is 3.51. The highest BCUT2D eigenvalue weighted by molar-refractivity contribution is 5.45. The largest absolute Gasteiger partial charge is 0.487 e. The van der Waals surface area contributed by atoms with Gasteiger partial charge < -0.3 is 10.1 Å². The minimum Gasteiger partial charge on any atom is -0.487 e. The van der Waals surface area contributed by atoms with Crippen LogP contribution in [0.2, 0.25) is 0 Å². The molecule has 0 radical (unpaired) electrons. The predicted octanol–water partition coefficient (Wildman–Crippen LogP) is 2.94. The van der Waals surface area contributed by atoms with Crippen molar-refractivity contribution in [1.82, 2.24) is 5.32 Å². The van der Waals surface area contributed by atoms with Crippen LogP contribution in [0.25, 0.3) is 0 Å². The van der Waals surface area contributed by atoms with Crippen LogP contribution in [-0.4, -0.2) is 18.7 Å². The number of nitrogens with one attached hydrogen (secondary N) is 1. The molecule has 0 aliphatic carbocycles. The summed E-state index contributed by atoms with van der Waals surface area (Å²) in [6.45, 7) is 6.54. The molecular weight excluding hydrogens is 210 g/mol. The summed E-state index contributed by atoms with van der Waals surface area (Å²) in [5, 5.41) is 3.28. The van der Waals surface area contributed by atoms with Crippen LogP contribution in [0.4, 0.5) is 0 Å². The molecule has 1 unspecified atom stereocenters. The molecule has 0 amide bonds.